The summed E-state index contributed by atoms with van der Waals surface area (Å²) in [5, 5.41) is 7.09. The Morgan fingerprint density at radius 3 is 1.10 bits per heavy atom. The molecule has 2 unspecified atom stereocenters. The highest BCUT2D eigenvalue weighted by molar-refractivity contribution is 6.08. The normalized spacial score (nSPS) is 15.0. The van der Waals surface area contributed by atoms with Crippen LogP contribution in [0.1, 0.15) is 66.8 Å². The van der Waals surface area contributed by atoms with Gasteiger partial charge in [0.2, 0.25) is 0 Å². The molecule has 7 nitrogen and oxygen atoms in total. The van der Waals surface area contributed by atoms with Crippen LogP contribution in [0.3, 0.4) is 0 Å². The number of fused-ring (bicyclic) bond motifs is 15. The van der Waals surface area contributed by atoms with Gasteiger partial charge in [0.15, 0.2) is 34.9 Å². The molecule has 3 aliphatic carbocycles. The van der Waals surface area contributed by atoms with E-state index in [-0.39, 0.29) is 0 Å². The summed E-state index contributed by atoms with van der Waals surface area (Å²) in [5.74, 6) is 3.76. The van der Waals surface area contributed by atoms with E-state index in [9.17, 15) is 0 Å². The first-order valence-corrected chi connectivity index (χ1v) is 41.0. The molecule has 0 aliphatic heterocycles. The van der Waals surface area contributed by atoms with Crippen LogP contribution in [0, 0.1) is 0 Å². The maximum absolute atomic E-state index is 6.63. The minimum absolute atomic E-state index is 0.526. The molecule has 0 amide bonds. The first kappa shape index (κ1) is 69.8. The molecule has 0 N–H and O–H groups in total. The van der Waals surface area contributed by atoms with Gasteiger partial charge < -0.3 is 4.42 Å². The van der Waals surface area contributed by atoms with Crippen LogP contribution in [-0.4, -0.2) is 29.9 Å². The summed E-state index contributed by atoms with van der Waals surface area (Å²) in [6, 6.07) is 157. The summed E-state index contributed by atoms with van der Waals surface area (Å²) in [6.07, 6.45) is 0. The number of benzene rings is 18. The molecule has 0 bridgehead atoms. The van der Waals surface area contributed by atoms with Crippen LogP contribution in [-0.2, 0) is 16.2 Å². The van der Waals surface area contributed by atoms with Gasteiger partial charge in [-0.2, -0.15) is 0 Å². The zero-order chi connectivity index (χ0) is 79.3. The second-order valence-corrected chi connectivity index (χ2v) is 31.3. The van der Waals surface area contributed by atoms with E-state index in [1.807, 2.05) is 97.1 Å². The molecule has 18 aromatic carbocycles. The minimum Gasteiger partial charge on any atom is -0.456 e. The van der Waals surface area contributed by atoms with Crippen molar-refractivity contribution in [3.8, 4) is 102 Å². The van der Waals surface area contributed by atoms with Gasteiger partial charge in [0.05, 0.1) is 16.2 Å². The smallest absolute Gasteiger partial charge is 0.164 e. The van der Waals surface area contributed by atoms with Crippen molar-refractivity contribution >= 4 is 43.5 Å². The van der Waals surface area contributed by atoms with E-state index in [1.54, 1.807) is 0 Å². The Kier molecular flexibility index (Phi) is 16.5. The number of furan rings is 1. The fourth-order valence-corrected chi connectivity index (χ4v) is 19.9. The monoisotopic (exact) mass is 1530 g/mol. The highest BCUT2D eigenvalue weighted by atomic mass is 16.3. The van der Waals surface area contributed by atoms with Crippen LogP contribution in [0.15, 0.2) is 441 Å². The number of rotatable bonds is 12. The lowest BCUT2D eigenvalue weighted by Crippen LogP contribution is -2.30. The van der Waals surface area contributed by atoms with Gasteiger partial charge in [0.1, 0.15) is 11.2 Å². The summed E-state index contributed by atoms with van der Waals surface area (Å²) in [6.45, 7) is 0. The maximum Gasteiger partial charge on any atom is 0.164 e. The highest BCUT2D eigenvalue weighted by Gasteiger charge is 2.52. The number of aromatic nitrogens is 6. The van der Waals surface area contributed by atoms with E-state index in [4.69, 9.17) is 34.3 Å². The first-order valence-electron chi connectivity index (χ1n) is 41.0. The molecule has 0 saturated carbocycles. The third-order valence-electron chi connectivity index (χ3n) is 25.1. The van der Waals surface area contributed by atoms with Crippen LogP contribution in [0.2, 0.25) is 0 Å². The molecule has 2 atom stereocenters. The third-order valence-corrected chi connectivity index (χ3v) is 25.1. The van der Waals surface area contributed by atoms with Gasteiger partial charge in [-0.15, -0.1) is 0 Å². The van der Waals surface area contributed by atoms with E-state index in [0.717, 1.165) is 66.4 Å². The van der Waals surface area contributed by atoms with Crippen molar-refractivity contribution in [2.24, 2.45) is 0 Å². The average Bonchev–Trinajstić information content (AvgIpc) is 1.51. The Balaban J connectivity index is 0.000000143. The van der Waals surface area contributed by atoms with Crippen molar-refractivity contribution in [3.05, 3.63) is 504 Å². The third kappa shape index (κ3) is 10.9. The summed E-state index contributed by atoms with van der Waals surface area (Å²) >= 11 is 0. The standard InChI is InChI=1S/C63H41N3.C50H31N3O/c1-6-21-42(22-7-1)59-64-60(43-23-8-2-9-24-43)66-61(65-59)51-34-20-36-56-58(51)53-41-49(37-38-55(53)62(56,46-27-10-3-11-28-46)47-29-12-4-13-30-47)63(48-31-14-5-15-32-48)54-35-19-18-33-50(54)52-39-44-25-16-17-26-45(44)40-57(52)63;1-4-15-33(16-5-1)47-51-48(34-17-6-2-7-18-34)53-49(52-47)35-24-27-39-41-31-37(26-29-44(41)54-45(39)30-35)50(36-19-8-3-9-20-36)42-23-13-12-22-40(42)46-38-21-11-10-14-32(38)25-28-43(46)50/h1-41H;1-31H. The van der Waals surface area contributed by atoms with E-state index in [2.05, 4.69) is 340 Å². The molecule has 21 aromatic rings. The summed E-state index contributed by atoms with van der Waals surface area (Å²) in [4.78, 5) is 30.7. The minimum atomic E-state index is -0.652. The Bertz CT molecular complexity index is 7420. The molecular formula is C113H72N6O. The van der Waals surface area contributed by atoms with Gasteiger partial charge in [-0.05, 0) is 164 Å². The zero-order valence-electron chi connectivity index (χ0n) is 65.2. The fraction of sp³-hybridized carbons (Fsp3) is 0.0265. The molecule has 3 aliphatic rings. The lowest BCUT2D eigenvalue weighted by Gasteiger charge is -2.36. The van der Waals surface area contributed by atoms with E-state index in [0.29, 0.717) is 34.9 Å². The van der Waals surface area contributed by atoms with Crippen LogP contribution in [0.4, 0.5) is 0 Å². The molecule has 3 aromatic heterocycles. The van der Waals surface area contributed by atoms with E-state index >= 15 is 0 Å². The Labute approximate surface area is 694 Å². The van der Waals surface area contributed by atoms with Crippen molar-refractivity contribution < 1.29 is 4.42 Å². The summed E-state index contributed by atoms with van der Waals surface area (Å²) in [5.41, 5.74) is 27.6. The molecule has 7 heteroatoms. The van der Waals surface area contributed by atoms with Crippen LogP contribution in [0.5, 0.6) is 0 Å². The van der Waals surface area contributed by atoms with E-state index in [1.165, 1.54) is 111 Å². The molecule has 0 fully saturated rings. The van der Waals surface area contributed by atoms with Crippen LogP contribution < -0.4 is 0 Å². The predicted molar refractivity (Wildman–Crippen MR) is 486 cm³/mol. The summed E-state index contributed by atoms with van der Waals surface area (Å²) < 4.78 is 6.63. The van der Waals surface area contributed by atoms with Crippen molar-refractivity contribution in [2.75, 3.05) is 0 Å². The van der Waals surface area contributed by atoms with E-state index < -0.39 is 16.2 Å². The number of hydrogen-bond acceptors (Lipinski definition) is 7. The molecule has 0 radical (unpaired) electrons. The highest BCUT2D eigenvalue weighted by Crippen LogP contribution is 2.63. The second kappa shape index (κ2) is 28.3. The number of nitrogens with zero attached hydrogens (tertiary/aromatic N) is 6. The van der Waals surface area contributed by atoms with Gasteiger partial charge in [0, 0.05) is 44.2 Å². The van der Waals surface area contributed by atoms with Gasteiger partial charge >= 0.3 is 0 Å². The van der Waals surface area contributed by atoms with Crippen LogP contribution >= 0.6 is 0 Å². The number of hydrogen-bond donors (Lipinski definition) is 0. The van der Waals surface area contributed by atoms with Gasteiger partial charge in [-0.25, -0.2) is 29.9 Å². The van der Waals surface area contributed by atoms with Gasteiger partial charge in [-0.1, -0.05) is 394 Å². The molecule has 0 spiro atoms. The zero-order valence-corrected chi connectivity index (χ0v) is 65.2. The molecular weight excluding hydrogens is 1460 g/mol. The lowest BCUT2D eigenvalue weighted by molar-refractivity contribution is 0.668. The quantitative estimate of drug-likeness (QED) is 0.120. The van der Waals surface area contributed by atoms with Crippen molar-refractivity contribution in [3.63, 3.8) is 0 Å². The predicted octanol–water partition coefficient (Wildman–Crippen LogP) is 27.0. The second-order valence-electron chi connectivity index (χ2n) is 31.3. The maximum atomic E-state index is 6.63. The van der Waals surface area contributed by atoms with Crippen molar-refractivity contribution in [1.29, 1.82) is 0 Å². The van der Waals surface area contributed by atoms with Crippen molar-refractivity contribution in [2.45, 2.75) is 16.2 Å². The molecule has 0 saturated heterocycles. The molecule has 120 heavy (non-hydrogen) atoms. The average molecular weight is 1530 g/mol. The molecule has 24 rings (SSSR count). The Hall–Kier alpha value is -15.7. The van der Waals surface area contributed by atoms with Gasteiger partial charge in [0.25, 0.3) is 0 Å². The topological polar surface area (TPSA) is 90.5 Å². The SMILES string of the molecule is c1ccc(-c2nc(-c3ccccc3)nc(-c3ccc4c(c3)oc3ccc(C5(c6ccccc6)c6ccccc6-c6c5ccc5ccccc65)cc34)n2)cc1.c1ccc(-c2nc(-c3ccccc3)nc(-c3cccc4c3-c3cc(C5(c6ccccc6)c6ccccc6-c6cc7ccccc7cc65)ccc3C4(c3ccccc3)c3ccccc3)n2)cc1. The Morgan fingerprint density at radius 1 is 0.167 bits per heavy atom. The largest absolute Gasteiger partial charge is 0.456 e. The summed E-state index contributed by atoms with van der Waals surface area (Å²) in [7, 11) is 0. The fourth-order valence-electron chi connectivity index (χ4n) is 19.9. The molecule has 560 valence electrons. The lowest BCUT2D eigenvalue weighted by atomic mass is 9.65. The van der Waals surface area contributed by atoms with Gasteiger partial charge in [-0.3, -0.25) is 0 Å². The van der Waals surface area contributed by atoms with Crippen LogP contribution in [0.25, 0.3) is 145 Å². The first-order chi connectivity index (χ1) is 59.5. The van der Waals surface area contributed by atoms with Crippen molar-refractivity contribution in [1.82, 2.24) is 29.9 Å². The Morgan fingerprint density at radius 2 is 0.550 bits per heavy atom. The molecule has 3 heterocycles.